The normalized spacial score (nSPS) is 13.1. The van der Waals surface area contributed by atoms with Crippen molar-refractivity contribution in [3.8, 4) is 11.8 Å². The zero-order chi connectivity index (χ0) is 15.2. The number of rotatable bonds is 4. The molecular formula is C16H22N2O2. The molecule has 0 aliphatic carbocycles. The molecule has 1 atom stereocenters. The maximum atomic E-state index is 12.3. The summed E-state index contributed by atoms with van der Waals surface area (Å²) in [7, 11) is 1.54. The molecule has 0 heterocycles. The molecule has 1 aromatic carbocycles. The minimum absolute atomic E-state index is 0.177. The predicted molar refractivity (Wildman–Crippen MR) is 81.4 cm³/mol. The second kappa shape index (κ2) is 7.09. The number of amides is 1. The Morgan fingerprint density at radius 2 is 2.20 bits per heavy atom. The van der Waals surface area contributed by atoms with Crippen molar-refractivity contribution < 1.29 is 9.53 Å². The summed E-state index contributed by atoms with van der Waals surface area (Å²) >= 11 is 0. The lowest BCUT2D eigenvalue weighted by molar-refractivity contribution is -0.136. The van der Waals surface area contributed by atoms with E-state index in [9.17, 15) is 4.79 Å². The Morgan fingerprint density at radius 1 is 1.50 bits per heavy atom. The average molecular weight is 274 g/mol. The highest BCUT2D eigenvalue weighted by Gasteiger charge is 2.31. The fraction of sp³-hybridized carbons (Fsp3) is 0.438. The molecule has 20 heavy (non-hydrogen) atoms. The Morgan fingerprint density at radius 3 is 2.75 bits per heavy atom. The molecule has 0 saturated carbocycles. The minimum Gasteiger partial charge on any atom is -0.369 e. The number of benzene rings is 1. The molecule has 0 fully saturated rings. The van der Waals surface area contributed by atoms with Gasteiger partial charge in [0.25, 0.3) is 5.91 Å². The van der Waals surface area contributed by atoms with Gasteiger partial charge in [-0.2, -0.15) is 0 Å². The number of methoxy groups -OCH3 is 1. The molecule has 0 spiro atoms. The predicted octanol–water partition coefficient (Wildman–Crippen LogP) is 2.06. The van der Waals surface area contributed by atoms with Gasteiger partial charge in [0.2, 0.25) is 0 Å². The summed E-state index contributed by atoms with van der Waals surface area (Å²) in [5.74, 6) is 5.59. The summed E-state index contributed by atoms with van der Waals surface area (Å²) in [4.78, 5) is 12.3. The molecule has 0 radical (unpaired) electrons. The fourth-order valence-corrected chi connectivity index (χ4v) is 1.67. The molecule has 0 aromatic heterocycles. The summed E-state index contributed by atoms with van der Waals surface area (Å²) < 4.78 is 5.30. The summed E-state index contributed by atoms with van der Waals surface area (Å²) in [6.45, 7) is 5.93. The standard InChI is InChI=1S/C16H22N2O2/c1-5-16(3,20-4)15(19)18-14-11-12(2)8-9-13(14)7-6-10-17/h8-9,11H,5,10,17H2,1-4H3,(H,18,19). The van der Waals surface area contributed by atoms with Gasteiger partial charge >= 0.3 is 0 Å². The van der Waals surface area contributed by atoms with E-state index in [1.54, 1.807) is 6.92 Å². The molecule has 0 aliphatic rings. The molecule has 0 aliphatic heterocycles. The van der Waals surface area contributed by atoms with E-state index >= 15 is 0 Å². The zero-order valence-electron chi connectivity index (χ0n) is 12.5. The van der Waals surface area contributed by atoms with Crippen molar-refractivity contribution in [1.29, 1.82) is 0 Å². The average Bonchev–Trinajstić information content (AvgIpc) is 2.45. The highest BCUT2D eigenvalue weighted by atomic mass is 16.5. The molecule has 4 heteroatoms. The molecule has 1 amide bonds. The largest absolute Gasteiger partial charge is 0.369 e. The van der Waals surface area contributed by atoms with Crippen molar-refractivity contribution in [2.75, 3.05) is 19.0 Å². The van der Waals surface area contributed by atoms with Crippen LogP contribution in [0, 0.1) is 18.8 Å². The van der Waals surface area contributed by atoms with Gasteiger partial charge in [-0.15, -0.1) is 0 Å². The molecule has 3 N–H and O–H groups in total. The summed E-state index contributed by atoms with van der Waals surface area (Å²) in [5.41, 5.74) is 7.04. The topological polar surface area (TPSA) is 64.3 Å². The zero-order valence-corrected chi connectivity index (χ0v) is 12.5. The monoisotopic (exact) mass is 274 g/mol. The van der Waals surface area contributed by atoms with Gasteiger partial charge in [0.15, 0.2) is 0 Å². The fourth-order valence-electron chi connectivity index (χ4n) is 1.67. The van der Waals surface area contributed by atoms with Crippen LogP contribution in [0.25, 0.3) is 0 Å². The second-order valence-corrected chi connectivity index (χ2v) is 4.80. The number of ether oxygens (including phenoxy) is 1. The van der Waals surface area contributed by atoms with Gasteiger partial charge < -0.3 is 15.8 Å². The van der Waals surface area contributed by atoms with E-state index in [1.165, 1.54) is 7.11 Å². The molecule has 1 rings (SSSR count). The van der Waals surface area contributed by atoms with Gasteiger partial charge in [-0.1, -0.05) is 24.8 Å². The van der Waals surface area contributed by atoms with Crippen molar-refractivity contribution in [2.45, 2.75) is 32.8 Å². The van der Waals surface area contributed by atoms with Gasteiger partial charge in [-0.25, -0.2) is 0 Å². The van der Waals surface area contributed by atoms with Crippen LogP contribution in [0.5, 0.6) is 0 Å². The van der Waals surface area contributed by atoms with Crippen molar-refractivity contribution in [2.24, 2.45) is 5.73 Å². The molecule has 1 aromatic rings. The number of carbonyl (C=O) groups is 1. The lowest BCUT2D eigenvalue weighted by Crippen LogP contribution is -2.41. The van der Waals surface area contributed by atoms with Crippen LogP contribution in [0.4, 0.5) is 5.69 Å². The van der Waals surface area contributed by atoms with E-state index in [-0.39, 0.29) is 12.5 Å². The molecule has 108 valence electrons. The summed E-state index contributed by atoms with van der Waals surface area (Å²) in [5, 5.41) is 2.90. The van der Waals surface area contributed by atoms with Crippen LogP contribution in [0.15, 0.2) is 18.2 Å². The van der Waals surface area contributed by atoms with Gasteiger partial charge in [0.05, 0.1) is 12.2 Å². The Kier molecular flexibility index (Phi) is 5.75. The first kappa shape index (κ1) is 16.2. The van der Waals surface area contributed by atoms with Crippen molar-refractivity contribution in [1.82, 2.24) is 0 Å². The van der Waals surface area contributed by atoms with Crippen molar-refractivity contribution in [3.05, 3.63) is 29.3 Å². The highest BCUT2D eigenvalue weighted by Crippen LogP contribution is 2.21. The first-order chi connectivity index (χ1) is 9.46. The van der Waals surface area contributed by atoms with Gasteiger partial charge in [-0.3, -0.25) is 4.79 Å². The van der Waals surface area contributed by atoms with Crippen LogP contribution < -0.4 is 11.1 Å². The quantitative estimate of drug-likeness (QED) is 0.826. The molecular weight excluding hydrogens is 252 g/mol. The number of hydrogen-bond acceptors (Lipinski definition) is 3. The SMILES string of the molecule is CCC(C)(OC)C(=O)Nc1cc(C)ccc1C#CCN. The van der Waals surface area contributed by atoms with Crippen LogP contribution in [-0.2, 0) is 9.53 Å². The smallest absolute Gasteiger partial charge is 0.256 e. The molecule has 0 saturated heterocycles. The molecule has 0 bridgehead atoms. The second-order valence-electron chi connectivity index (χ2n) is 4.80. The lowest BCUT2D eigenvalue weighted by Gasteiger charge is -2.25. The molecule has 4 nitrogen and oxygen atoms in total. The number of hydrogen-bond donors (Lipinski definition) is 2. The highest BCUT2D eigenvalue weighted by molar-refractivity contribution is 5.98. The summed E-state index contributed by atoms with van der Waals surface area (Å²) in [6.07, 6.45) is 0.588. The third-order valence-electron chi connectivity index (χ3n) is 3.35. The maximum absolute atomic E-state index is 12.3. The van der Waals surface area contributed by atoms with Crippen LogP contribution in [-0.4, -0.2) is 25.2 Å². The van der Waals surface area contributed by atoms with Crippen LogP contribution in [0.3, 0.4) is 0 Å². The van der Waals surface area contributed by atoms with E-state index in [2.05, 4.69) is 17.2 Å². The van der Waals surface area contributed by atoms with Crippen molar-refractivity contribution in [3.63, 3.8) is 0 Å². The Bertz CT molecular complexity index is 537. The third-order valence-corrected chi connectivity index (χ3v) is 3.35. The first-order valence-electron chi connectivity index (χ1n) is 6.63. The van der Waals surface area contributed by atoms with Gasteiger partial charge in [0.1, 0.15) is 5.60 Å². The maximum Gasteiger partial charge on any atom is 0.256 e. The Labute approximate surface area is 120 Å². The minimum atomic E-state index is -0.845. The van der Waals surface area contributed by atoms with Gasteiger partial charge in [-0.05, 0) is 38.0 Å². The van der Waals surface area contributed by atoms with E-state index < -0.39 is 5.60 Å². The number of carbonyl (C=O) groups excluding carboxylic acids is 1. The van der Waals surface area contributed by atoms with E-state index in [0.29, 0.717) is 12.1 Å². The van der Waals surface area contributed by atoms with E-state index in [4.69, 9.17) is 10.5 Å². The molecule has 1 unspecified atom stereocenters. The summed E-state index contributed by atoms with van der Waals surface area (Å²) in [6, 6.07) is 5.72. The van der Waals surface area contributed by atoms with Crippen LogP contribution in [0.2, 0.25) is 0 Å². The van der Waals surface area contributed by atoms with Crippen LogP contribution in [0.1, 0.15) is 31.4 Å². The van der Waals surface area contributed by atoms with Crippen molar-refractivity contribution >= 4 is 11.6 Å². The number of anilines is 1. The first-order valence-corrected chi connectivity index (χ1v) is 6.63. The Balaban J connectivity index is 3.07. The number of nitrogens with one attached hydrogen (secondary N) is 1. The van der Waals surface area contributed by atoms with Crippen LogP contribution >= 0.6 is 0 Å². The third kappa shape index (κ3) is 3.83. The Hall–Kier alpha value is -1.83. The number of aryl methyl sites for hydroxylation is 1. The number of nitrogens with two attached hydrogens (primary N) is 1. The van der Waals surface area contributed by atoms with E-state index in [0.717, 1.165) is 11.1 Å². The van der Waals surface area contributed by atoms with E-state index in [1.807, 2.05) is 32.0 Å². The lowest BCUT2D eigenvalue weighted by atomic mass is 10.0. The van der Waals surface area contributed by atoms with Gasteiger partial charge in [0, 0.05) is 12.7 Å².